The number of halogens is 1. The third-order valence-electron chi connectivity index (χ3n) is 5.81. The van der Waals surface area contributed by atoms with E-state index in [4.69, 9.17) is 5.73 Å². The van der Waals surface area contributed by atoms with Gasteiger partial charge in [-0.2, -0.15) is 0 Å². The number of benzene rings is 2. The molecule has 1 aliphatic heterocycles. The van der Waals surface area contributed by atoms with Gasteiger partial charge in [0.25, 0.3) is 5.56 Å². The molecule has 0 saturated carbocycles. The van der Waals surface area contributed by atoms with Gasteiger partial charge in [0.05, 0.1) is 27.6 Å². The van der Waals surface area contributed by atoms with Crippen molar-refractivity contribution in [2.75, 3.05) is 39.0 Å². The maximum atomic E-state index is 14.3. The van der Waals surface area contributed by atoms with E-state index in [0.29, 0.717) is 11.3 Å². The number of nitrogen functional groups attached to an aromatic ring is 1. The third kappa shape index (κ3) is 3.24. The van der Waals surface area contributed by atoms with Crippen LogP contribution in [0.25, 0.3) is 33.3 Å². The Kier molecular flexibility index (Phi) is 4.52. The molecule has 1 aliphatic rings. The summed E-state index contributed by atoms with van der Waals surface area (Å²) >= 11 is 0. The molecule has 0 radical (unpaired) electrons. The number of piperazine rings is 1. The lowest BCUT2D eigenvalue weighted by Gasteiger charge is -2.32. The number of imidazole rings is 1. The van der Waals surface area contributed by atoms with Gasteiger partial charge in [-0.15, -0.1) is 0 Å². The summed E-state index contributed by atoms with van der Waals surface area (Å²) in [6.07, 6.45) is 0. The van der Waals surface area contributed by atoms with E-state index < -0.39 is 11.4 Å². The van der Waals surface area contributed by atoms with E-state index in [1.54, 1.807) is 6.07 Å². The van der Waals surface area contributed by atoms with Gasteiger partial charge in [0, 0.05) is 32.7 Å². The van der Waals surface area contributed by atoms with Crippen molar-refractivity contribution < 1.29 is 4.39 Å². The van der Waals surface area contributed by atoms with E-state index >= 15 is 0 Å². The number of H-pyrrole nitrogens is 2. The highest BCUT2D eigenvalue weighted by molar-refractivity contribution is 5.98. The second kappa shape index (κ2) is 7.23. The van der Waals surface area contributed by atoms with E-state index in [0.717, 1.165) is 43.8 Å². The quantitative estimate of drug-likeness (QED) is 0.486. The lowest BCUT2D eigenvalue weighted by atomic mass is 10.1. The molecule has 3 heterocycles. The Labute approximate surface area is 172 Å². The number of likely N-dealkylation sites (N-methyl/N-ethyl adjacent to an activating group) is 1. The molecule has 7 nitrogen and oxygen atoms in total. The first-order chi connectivity index (χ1) is 14.5. The largest absolute Gasteiger partial charge is 0.397 e. The SMILES string of the molecule is CN1CCN(Cc2ccc3nc(-c4c(N)c5c(F)cccc5[nH]c4=O)[nH]c3c2)CC1. The Bertz CT molecular complexity index is 1300. The van der Waals surface area contributed by atoms with E-state index in [9.17, 15) is 9.18 Å². The van der Waals surface area contributed by atoms with Gasteiger partial charge < -0.3 is 20.6 Å². The zero-order valence-electron chi connectivity index (χ0n) is 16.7. The monoisotopic (exact) mass is 406 g/mol. The Morgan fingerprint density at radius 2 is 1.90 bits per heavy atom. The summed E-state index contributed by atoms with van der Waals surface area (Å²) < 4.78 is 14.3. The third-order valence-corrected chi connectivity index (χ3v) is 5.81. The lowest BCUT2D eigenvalue weighted by molar-refractivity contribution is 0.148. The highest BCUT2D eigenvalue weighted by Crippen LogP contribution is 2.30. The summed E-state index contributed by atoms with van der Waals surface area (Å²) in [5.74, 6) is -0.140. The topological polar surface area (TPSA) is 94.0 Å². The molecule has 30 heavy (non-hydrogen) atoms. The second-order valence-corrected chi connectivity index (χ2v) is 7.92. The maximum Gasteiger partial charge on any atom is 0.261 e. The van der Waals surface area contributed by atoms with Gasteiger partial charge in [0.15, 0.2) is 0 Å². The first-order valence-corrected chi connectivity index (χ1v) is 9.99. The summed E-state index contributed by atoms with van der Waals surface area (Å²) in [7, 11) is 2.14. The lowest BCUT2D eigenvalue weighted by Crippen LogP contribution is -2.43. The molecule has 2 aromatic carbocycles. The number of nitrogens with zero attached hydrogens (tertiary/aromatic N) is 3. The predicted octanol–water partition coefficient (Wildman–Crippen LogP) is 2.54. The molecule has 0 amide bonds. The minimum absolute atomic E-state index is 0.0866. The van der Waals surface area contributed by atoms with Gasteiger partial charge in [-0.3, -0.25) is 9.69 Å². The first-order valence-electron chi connectivity index (χ1n) is 9.99. The van der Waals surface area contributed by atoms with Crippen LogP contribution in [-0.4, -0.2) is 58.0 Å². The molecule has 0 unspecified atom stereocenters. The molecule has 0 bridgehead atoms. The van der Waals surface area contributed by atoms with Crippen molar-refractivity contribution in [1.82, 2.24) is 24.8 Å². The summed E-state index contributed by atoms with van der Waals surface area (Å²) in [6, 6.07) is 10.5. The van der Waals surface area contributed by atoms with Gasteiger partial charge in [0.2, 0.25) is 0 Å². The number of nitrogens with two attached hydrogens (primary N) is 1. The minimum atomic E-state index is -0.479. The van der Waals surface area contributed by atoms with Crippen LogP contribution in [0.15, 0.2) is 41.2 Å². The van der Waals surface area contributed by atoms with Crippen molar-refractivity contribution in [2.24, 2.45) is 0 Å². The van der Waals surface area contributed by atoms with Crippen molar-refractivity contribution in [3.8, 4) is 11.4 Å². The van der Waals surface area contributed by atoms with Gasteiger partial charge >= 0.3 is 0 Å². The van der Waals surface area contributed by atoms with Gasteiger partial charge in [-0.1, -0.05) is 12.1 Å². The Hall–Kier alpha value is -3.23. The Morgan fingerprint density at radius 1 is 1.10 bits per heavy atom. The van der Waals surface area contributed by atoms with Gasteiger partial charge in [0.1, 0.15) is 17.2 Å². The van der Waals surface area contributed by atoms with Crippen molar-refractivity contribution in [3.05, 3.63) is 58.1 Å². The number of anilines is 1. The van der Waals surface area contributed by atoms with Crippen LogP contribution in [0.5, 0.6) is 0 Å². The molecule has 2 aromatic heterocycles. The first kappa shape index (κ1) is 18.8. The van der Waals surface area contributed by atoms with Crippen molar-refractivity contribution in [3.63, 3.8) is 0 Å². The standard InChI is InChI=1S/C22H23FN6O/c1-28-7-9-29(10-8-28)12-13-5-6-15-17(11-13)26-21(25-15)19-20(24)18-14(23)3-2-4-16(18)27-22(19)30/h2-6,11H,7-10,12H2,1H3,(H,25,26)(H3,24,27,30). The molecule has 0 spiro atoms. The number of aromatic nitrogens is 3. The minimum Gasteiger partial charge on any atom is -0.397 e. The highest BCUT2D eigenvalue weighted by atomic mass is 19.1. The summed E-state index contributed by atoms with van der Waals surface area (Å²) in [5.41, 5.74) is 9.15. The second-order valence-electron chi connectivity index (χ2n) is 7.92. The van der Waals surface area contributed by atoms with Crippen molar-refractivity contribution in [1.29, 1.82) is 0 Å². The zero-order valence-corrected chi connectivity index (χ0v) is 16.7. The number of pyridine rings is 1. The van der Waals surface area contributed by atoms with Crippen molar-refractivity contribution in [2.45, 2.75) is 6.54 Å². The summed E-state index contributed by atoms with van der Waals surface area (Å²) in [5, 5.41) is 0.198. The normalized spacial score (nSPS) is 15.9. The fourth-order valence-electron chi connectivity index (χ4n) is 4.11. The molecule has 5 rings (SSSR count). The van der Waals surface area contributed by atoms with Gasteiger partial charge in [-0.05, 0) is 36.9 Å². The molecule has 1 fully saturated rings. The van der Waals surface area contributed by atoms with Gasteiger partial charge in [-0.25, -0.2) is 9.37 Å². The molecule has 4 aromatic rings. The fourth-order valence-corrected chi connectivity index (χ4v) is 4.11. The Balaban J connectivity index is 1.53. The highest BCUT2D eigenvalue weighted by Gasteiger charge is 2.19. The van der Waals surface area contributed by atoms with Crippen LogP contribution in [0, 0.1) is 5.82 Å². The van der Waals surface area contributed by atoms with E-state index in [1.165, 1.54) is 17.7 Å². The number of hydrogen-bond acceptors (Lipinski definition) is 5. The van der Waals surface area contributed by atoms with E-state index in [1.807, 2.05) is 6.07 Å². The number of fused-ring (bicyclic) bond motifs is 2. The average Bonchev–Trinajstić information content (AvgIpc) is 3.12. The van der Waals surface area contributed by atoms with Crippen molar-refractivity contribution >= 4 is 27.6 Å². The van der Waals surface area contributed by atoms with Crippen LogP contribution >= 0.6 is 0 Å². The van der Waals surface area contributed by atoms with Crippen LogP contribution in [0.4, 0.5) is 10.1 Å². The number of rotatable bonds is 3. The number of aromatic amines is 2. The fraction of sp³-hybridized carbons (Fsp3) is 0.273. The number of hydrogen-bond donors (Lipinski definition) is 3. The summed E-state index contributed by atoms with van der Waals surface area (Å²) in [4.78, 5) is 27.9. The molecule has 0 atom stereocenters. The maximum absolute atomic E-state index is 14.3. The number of nitrogens with one attached hydrogen (secondary N) is 2. The van der Waals surface area contributed by atoms with Crippen LogP contribution in [0.2, 0.25) is 0 Å². The molecular weight excluding hydrogens is 383 g/mol. The van der Waals surface area contributed by atoms with Crippen LogP contribution in [0.1, 0.15) is 5.56 Å². The Morgan fingerprint density at radius 3 is 2.70 bits per heavy atom. The molecule has 8 heteroatoms. The molecule has 1 saturated heterocycles. The summed E-state index contributed by atoms with van der Waals surface area (Å²) in [6.45, 7) is 5.07. The average molecular weight is 406 g/mol. The molecule has 0 aliphatic carbocycles. The van der Waals surface area contributed by atoms with Crippen LogP contribution in [-0.2, 0) is 6.54 Å². The molecular formula is C22H23FN6O. The molecule has 154 valence electrons. The van der Waals surface area contributed by atoms with Crippen LogP contribution in [0.3, 0.4) is 0 Å². The van der Waals surface area contributed by atoms with E-state index in [-0.39, 0.29) is 16.6 Å². The smallest absolute Gasteiger partial charge is 0.261 e. The van der Waals surface area contributed by atoms with E-state index in [2.05, 4.69) is 43.9 Å². The predicted molar refractivity (Wildman–Crippen MR) is 117 cm³/mol. The molecule has 4 N–H and O–H groups in total. The van der Waals surface area contributed by atoms with Crippen LogP contribution < -0.4 is 11.3 Å². The zero-order chi connectivity index (χ0) is 20.8.